The summed E-state index contributed by atoms with van der Waals surface area (Å²) < 4.78 is 3.46. The molecule has 180 valence electrons. The average molecular weight is 651 g/mol. The Morgan fingerprint density at radius 1 is 1.00 bits per heavy atom. The first kappa shape index (κ1) is 25.4. The molecular weight excluding hydrogens is 626 g/mol. The van der Waals surface area contributed by atoms with E-state index in [1.165, 1.54) is 49.2 Å². The van der Waals surface area contributed by atoms with Crippen LogP contribution in [0.3, 0.4) is 0 Å². The molecular formula is C28H25Cl2IN2S2. The van der Waals surface area contributed by atoms with Gasteiger partial charge in [-0.3, -0.25) is 0 Å². The van der Waals surface area contributed by atoms with E-state index < -0.39 is 0 Å². The molecule has 6 rings (SSSR count). The molecule has 0 amide bonds. The number of thioether (sulfide) groups is 1. The summed E-state index contributed by atoms with van der Waals surface area (Å²) in [7, 11) is 4.22. The number of benzene rings is 2. The summed E-state index contributed by atoms with van der Waals surface area (Å²) in [6, 6.07) is 12.3. The van der Waals surface area contributed by atoms with Gasteiger partial charge in [-0.1, -0.05) is 70.6 Å². The highest BCUT2D eigenvalue weighted by Gasteiger charge is 2.27. The Labute approximate surface area is 242 Å². The Hall–Kier alpha value is -1.25. The highest BCUT2D eigenvalue weighted by atomic mass is 127. The van der Waals surface area contributed by atoms with Crippen LogP contribution in [0.4, 0.5) is 5.69 Å². The van der Waals surface area contributed by atoms with Gasteiger partial charge in [-0.15, -0.1) is 0 Å². The number of nitrogens with zero attached hydrogens (tertiary/aromatic N) is 2. The van der Waals surface area contributed by atoms with E-state index in [1.54, 1.807) is 0 Å². The maximum atomic E-state index is 6.47. The molecule has 0 radical (unpaired) electrons. The number of hydrogen-bond donors (Lipinski definition) is 0. The number of rotatable bonds is 2. The number of anilines is 1. The zero-order valence-electron chi connectivity index (χ0n) is 19.5. The molecule has 2 heterocycles. The fourth-order valence-electron chi connectivity index (χ4n) is 5.20. The van der Waals surface area contributed by atoms with Crippen LogP contribution in [-0.4, -0.2) is 7.05 Å². The zero-order chi connectivity index (χ0) is 23.4. The van der Waals surface area contributed by atoms with Crippen LogP contribution in [0.15, 0.2) is 81.3 Å². The number of halogens is 3. The topological polar surface area (TPSA) is 7.12 Å². The van der Waals surface area contributed by atoms with Crippen molar-refractivity contribution in [3.63, 3.8) is 0 Å². The van der Waals surface area contributed by atoms with E-state index in [2.05, 4.69) is 60.0 Å². The monoisotopic (exact) mass is 650 g/mol. The van der Waals surface area contributed by atoms with Gasteiger partial charge in [0.05, 0.1) is 15.7 Å². The van der Waals surface area contributed by atoms with Gasteiger partial charge < -0.3 is 28.9 Å². The minimum absolute atomic E-state index is 0. The smallest absolute Gasteiger partial charge is 0.262 e. The number of allylic oxidation sites excluding steroid dienone is 6. The second-order valence-electron chi connectivity index (χ2n) is 9.17. The van der Waals surface area contributed by atoms with Crippen molar-refractivity contribution >= 4 is 68.3 Å². The molecule has 0 spiro atoms. The standard InChI is InChI=1S/C28H25Cl2N2S2.HI/c1-31-25(33-23-7-3-5-21(29)27(23)31)15-17-9-11-19-12-10-18(14-20(19)13-17)16-26-32(2)28-22(30)6-4-8-24(28)34-26;/h3-8,13-16,19H,9-12H2,1-2H3;1H/q+1;/p-1. The van der Waals surface area contributed by atoms with Gasteiger partial charge in [0.15, 0.2) is 0 Å². The van der Waals surface area contributed by atoms with E-state index in [1.807, 2.05) is 47.4 Å². The third kappa shape index (κ3) is 4.75. The lowest BCUT2D eigenvalue weighted by molar-refractivity contribution is -0.642. The van der Waals surface area contributed by atoms with Crippen LogP contribution >= 0.6 is 46.3 Å². The summed E-state index contributed by atoms with van der Waals surface area (Å²) in [4.78, 5) is 3.46. The van der Waals surface area contributed by atoms with E-state index in [4.69, 9.17) is 23.2 Å². The van der Waals surface area contributed by atoms with E-state index >= 15 is 0 Å². The molecule has 3 aliphatic rings. The zero-order valence-corrected chi connectivity index (χ0v) is 24.8. The predicted molar refractivity (Wildman–Crippen MR) is 148 cm³/mol. The lowest BCUT2D eigenvalue weighted by Crippen LogP contribution is -3.00. The maximum absolute atomic E-state index is 6.47. The molecule has 35 heavy (non-hydrogen) atoms. The van der Waals surface area contributed by atoms with E-state index in [0.717, 1.165) is 34.1 Å². The predicted octanol–water partition coefficient (Wildman–Crippen LogP) is 5.56. The number of aromatic nitrogens is 1. The molecule has 2 aliphatic carbocycles. The Bertz CT molecular complexity index is 1450. The number of para-hydroxylation sites is 2. The van der Waals surface area contributed by atoms with Gasteiger partial charge in [0, 0.05) is 18.0 Å². The molecule has 0 fully saturated rings. The summed E-state index contributed by atoms with van der Waals surface area (Å²) >= 11 is 16.6. The fourth-order valence-corrected chi connectivity index (χ4v) is 8.22. The summed E-state index contributed by atoms with van der Waals surface area (Å²) in [6.07, 6.45) is 14.3. The number of thiazole rings is 1. The first-order chi connectivity index (χ1) is 16.5. The minimum Gasteiger partial charge on any atom is -1.00 e. The Morgan fingerprint density at radius 2 is 1.77 bits per heavy atom. The largest absolute Gasteiger partial charge is 1.00 e. The van der Waals surface area contributed by atoms with Crippen molar-refractivity contribution in [1.82, 2.24) is 0 Å². The molecule has 0 N–H and O–H groups in total. The molecule has 0 saturated heterocycles. The van der Waals surface area contributed by atoms with Gasteiger partial charge in [-0.05, 0) is 78.7 Å². The molecule has 2 nitrogen and oxygen atoms in total. The molecule has 3 aromatic rings. The third-order valence-corrected chi connectivity index (χ3v) is 9.93. The van der Waals surface area contributed by atoms with Crippen LogP contribution < -0.4 is 33.4 Å². The lowest BCUT2D eigenvalue weighted by atomic mass is 9.77. The molecule has 0 saturated carbocycles. The van der Waals surface area contributed by atoms with Crippen molar-refractivity contribution in [1.29, 1.82) is 0 Å². The first-order valence-corrected chi connectivity index (χ1v) is 14.0. The van der Waals surface area contributed by atoms with Crippen LogP contribution in [-0.2, 0) is 7.05 Å². The van der Waals surface area contributed by atoms with Crippen molar-refractivity contribution in [3.05, 3.63) is 91.4 Å². The van der Waals surface area contributed by atoms with Gasteiger partial charge >= 0.3 is 0 Å². The third-order valence-electron chi connectivity index (χ3n) is 7.02. The van der Waals surface area contributed by atoms with Crippen LogP contribution in [0, 0.1) is 5.92 Å². The summed E-state index contributed by atoms with van der Waals surface area (Å²) in [5, 5.41) is 4.12. The molecule has 2 aromatic carbocycles. The van der Waals surface area contributed by atoms with Crippen molar-refractivity contribution in [2.45, 2.75) is 30.6 Å². The molecule has 1 aromatic heterocycles. The lowest BCUT2D eigenvalue weighted by Gasteiger charge is -2.28. The van der Waals surface area contributed by atoms with Crippen LogP contribution in [0.5, 0.6) is 0 Å². The van der Waals surface area contributed by atoms with Crippen LogP contribution in [0.2, 0.25) is 10.0 Å². The summed E-state index contributed by atoms with van der Waals surface area (Å²) in [5.41, 5.74) is 6.52. The van der Waals surface area contributed by atoms with Gasteiger partial charge in [-0.2, -0.15) is 4.57 Å². The minimum atomic E-state index is 0. The maximum Gasteiger partial charge on any atom is 0.262 e. The highest BCUT2D eigenvalue weighted by molar-refractivity contribution is 8.03. The quantitative estimate of drug-likeness (QED) is 0.265. The van der Waals surface area contributed by atoms with Crippen molar-refractivity contribution < 1.29 is 28.5 Å². The second-order valence-corrected chi connectivity index (χ2v) is 12.1. The number of fused-ring (bicyclic) bond motifs is 3. The number of hydrogen-bond acceptors (Lipinski definition) is 3. The van der Waals surface area contributed by atoms with Crippen LogP contribution in [0.1, 0.15) is 30.7 Å². The Kier molecular flexibility index (Phi) is 7.44. The van der Waals surface area contributed by atoms with E-state index in [9.17, 15) is 0 Å². The normalized spacial score (nSPS) is 21.6. The fraction of sp³-hybridized carbons (Fsp3) is 0.250. The van der Waals surface area contributed by atoms with Crippen molar-refractivity contribution in [3.8, 4) is 0 Å². The average Bonchev–Trinajstić information content (AvgIpc) is 3.31. The SMILES string of the molecule is CN1/C(=C/C2=CC3=C/C(=C/c4sc5cccc(Cl)c5[n+]4C)CCC3CC2)Sc2cccc(Cl)c21.[I-]. The van der Waals surface area contributed by atoms with E-state index in [-0.39, 0.29) is 24.0 Å². The van der Waals surface area contributed by atoms with Gasteiger partial charge in [-0.25, -0.2) is 0 Å². The van der Waals surface area contributed by atoms with Crippen molar-refractivity contribution in [2.75, 3.05) is 11.9 Å². The summed E-state index contributed by atoms with van der Waals surface area (Å²) in [5.74, 6) is 0.672. The molecule has 0 bridgehead atoms. The van der Waals surface area contributed by atoms with Crippen LogP contribution in [0.25, 0.3) is 16.3 Å². The Balaban J connectivity index is 0.00000253. The molecule has 1 atom stereocenters. The van der Waals surface area contributed by atoms with Gasteiger partial charge in [0.1, 0.15) is 16.8 Å². The second kappa shape index (κ2) is 10.3. The Morgan fingerprint density at radius 3 is 2.57 bits per heavy atom. The molecule has 1 unspecified atom stereocenters. The van der Waals surface area contributed by atoms with Crippen molar-refractivity contribution in [2.24, 2.45) is 13.0 Å². The number of aryl methyl sites for hydroxylation is 1. The highest BCUT2D eigenvalue weighted by Crippen LogP contribution is 2.49. The first-order valence-electron chi connectivity index (χ1n) is 11.6. The van der Waals surface area contributed by atoms with Gasteiger partial charge in [0.2, 0.25) is 5.52 Å². The summed E-state index contributed by atoms with van der Waals surface area (Å²) in [6.45, 7) is 0. The molecule has 7 heteroatoms. The molecule has 1 aliphatic heterocycles. The van der Waals surface area contributed by atoms with E-state index in [0.29, 0.717) is 5.92 Å². The van der Waals surface area contributed by atoms with Gasteiger partial charge in [0.25, 0.3) is 5.01 Å².